The first kappa shape index (κ1) is 7.88. The van der Waals surface area contributed by atoms with Gasteiger partial charge in [-0.25, -0.2) is 4.98 Å². The van der Waals surface area contributed by atoms with Crippen molar-refractivity contribution in [3.63, 3.8) is 0 Å². The molecule has 0 aliphatic heterocycles. The molecule has 5 heteroatoms. The van der Waals surface area contributed by atoms with Crippen molar-refractivity contribution in [2.45, 2.75) is 6.61 Å². The van der Waals surface area contributed by atoms with E-state index in [0.717, 1.165) is 0 Å². The Morgan fingerprint density at radius 2 is 2.38 bits per heavy atom. The average Bonchev–Trinajstić information content (AvgIpc) is 2.71. The summed E-state index contributed by atoms with van der Waals surface area (Å²) in [4.78, 5) is 6.89. The molecule has 5 nitrogen and oxygen atoms in total. The Labute approximate surface area is 74.2 Å². The predicted octanol–water partition coefficient (Wildman–Crippen LogP) is 0.744. The maximum absolute atomic E-state index is 8.78. The number of nitrogens with two attached hydrogens (primary N) is 1. The number of aromatic amines is 1. The number of H-pyrrole nitrogens is 1. The van der Waals surface area contributed by atoms with E-state index in [1.807, 2.05) is 0 Å². The molecule has 0 atom stereocenters. The van der Waals surface area contributed by atoms with Gasteiger partial charge in [0, 0.05) is 6.07 Å². The first-order valence-corrected chi connectivity index (χ1v) is 3.80. The topological polar surface area (TPSA) is 88.1 Å². The molecule has 4 N–H and O–H groups in total. The van der Waals surface area contributed by atoms with Gasteiger partial charge in [0.15, 0.2) is 17.5 Å². The molecule has 0 bridgehead atoms. The Bertz CT molecular complexity index is 405. The summed E-state index contributed by atoms with van der Waals surface area (Å²) < 4.78 is 5.13. The minimum atomic E-state index is -0.0663. The second kappa shape index (κ2) is 2.95. The summed E-state index contributed by atoms with van der Waals surface area (Å²) >= 11 is 0. The van der Waals surface area contributed by atoms with E-state index in [-0.39, 0.29) is 6.61 Å². The highest BCUT2D eigenvalue weighted by Crippen LogP contribution is 2.19. The van der Waals surface area contributed by atoms with E-state index in [0.29, 0.717) is 23.2 Å². The standard InChI is InChI=1S/C8H9N3O2/c9-7-2-1-6(13-7)8-10-3-5(4-12)11-8/h1-3,12H,4,9H2,(H,10,11). The molecule has 2 aromatic rings. The van der Waals surface area contributed by atoms with Crippen LogP contribution in [-0.2, 0) is 6.61 Å². The highest BCUT2D eigenvalue weighted by atomic mass is 16.4. The molecule has 2 heterocycles. The first-order valence-electron chi connectivity index (χ1n) is 3.80. The van der Waals surface area contributed by atoms with E-state index in [4.69, 9.17) is 15.3 Å². The summed E-state index contributed by atoms with van der Waals surface area (Å²) in [5, 5.41) is 8.78. The number of anilines is 1. The summed E-state index contributed by atoms with van der Waals surface area (Å²) in [5.74, 6) is 1.48. The van der Waals surface area contributed by atoms with Crippen molar-refractivity contribution >= 4 is 5.88 Å². The second-order valence-corrected chi connectivity index (χ2v) is 2.62. The van der Waals surface area contributed by atoms with Crippen LogP contribution in [0.15, 0.2) is 22.7 Å². The highest BCUT2D eigenvalue weighted by Gasteiger charge is 2.06. The van der Waals surface area contributed by atoms with E-state index in [2.05, 4.69) is 9.97 Å². The number of aromatic nitrogens is 2. The molecule has 0 saturated carbocycles. The summed E-state index contributed by atoms with van der Waals surface area (Å²) in [6.45, 7) is -0.0663. The molecule has 0 amide bonds. The van der Waals surface area contributed by atoms with Gasteiger partial charge < -0.3 is 20.2 Å². The molecule has 0 saturated heterocycles. The van der Waals surface area contributed by atoms with Crippen molar-refractivity contribution in [1.29, 1.82) is 0 Å². The number of hydrogen-bond donors (Lipinski definition) is 3. The number of aliphatic hydroxyl groups excluding tert-OH is 1. The van der Waals surface area contributed by atoms with Crippen molar-refractivity contribution in [2.75, 3.05) is 5.73 Å². The first-order chi connectivity index (χ1) is 6.29. The third-order valence-electron chi connectivity index (χ3n) is 1.66. The Kier molecular flexibility index (Phi) is 1.79. The predicted molar refractivity (Wildman–Crippen MR) is 46.6 cm³/mol. The number of nitrogens with zero attached hydrogens (tertiary/aromatic N) is 1. The number of rotatable bonds is 2. The van der Waals surface area contributed by atoms with Gasteiger partial charge in [0.05, 0.1) is 18.5 Å². The van der Waals surface area contributed by atoms with Gasteiger partial charge in [-0.15, -0.1) is 0 Å². The number of aliphatic hydroxyl groups is 1. The van der Waals surface area contributed by atoms with Crippen LogP contribution in [0.5, 0.6) is 0 Å². The minimum Gasteiger partial charge on any atom is -0.438 e. The Balaban J connectivity index is 2.35. The van der Waals surface area contributed by atoms with Gasteiger partial charge >= 0.3 is 0 Å². The zero-order valence-electron chi connectivity index (χ0n) is 6.82. The molecular formula is C8H9N3O2. The monoisotopic (exact) mass is 179 g/mol. The van der Waals surface area contributed by atoms with Crippen molar-refractivity contribution in [3.05, 3.63) is 24.0 Å². The van der Waals surface area contributed by atoms with Crippen molar-refractivity contribution in [3.8, 4) is 11.6 Å². The summed E-state index contributed by atoms with van der Waals surface area (Å²) in [7, 11) is 0. The maximum atomic E-state index is 8.78. The average molecular weight is 179 g/mol. The fraction of sp³-hybridized carbons (Fsp3) is 0.125. The molecule has 0 fully saturated rings. The number of nitrogens with one attached hydrogen (secondary N) is 1. The molecule has 0 aliphatic rings. The van der Waals surface area contributed by atoms with Crippen LogP contribution >= 0.6 is 0 Å². The van der Waals surface area contributed by atoms with Gasteiger partial charge in [-0.2, -0.15) is 0 Å². The molecular weight excluding hydrogens is 170 g/mol. The molecule has 68 valence electrons. The van der Waals surface area contributed by atoms with E-state index >= 15 is 0 Å². The molecule has 13 heavy (non-hydrogen) atoms. The molecule has 2 rings (SSSR count). The second-order valence-electron chi connectivity index (χ2n) is 2.62. The van der Waals surface area contributed by atoms with E-state index in [1.54, 1.807) is 18.3 Å². The Morgan fingerprint density at radius 3 is 2.92 bits per heavy atom. The summed E-state index contributed by atoms with van der Waals surface area (Å²) in [6.07, 6.45) is 1.55. The minimum absolute atomic E-state index is 0.0663. The lowest BCUT2D eigenvalue weighted by Gasteiger charge is -1.89. The maximum Gasteiger partial charge on any atom is 0.191 e. The van der Waals surface area contributed by atoms with Crippen molar-refractivity contribution < 1.29 is 9.52 Å². The normalized spacial score (nSPS) is 10.5. The van der Waals surface area contributed by atoms with Crippen LogP contribution in [0.2, 0.25) is 0 Å². The zero-order valence-corrected chi connectivity index (χ0v) is 6.82. The summed E-state index contributed by atoms with van der Waals surface area (Å²) in [6, 6.07) is 3.37. The van der Waals surface area contributed by atoms with Crippen LogP contribution in [0.1, 0.15) is 5.69 Å². The van der Waals surface area contributed by atoms with Gasteiger partial charge in [0.2, 0.25) is 0 Å². The quantitative estimate of drug-likeness (QED) is 0.634. The van der Waals surface area contributed by atoms with Gasteiger partial charge in [0.25, 0.3) is 0 Å². The molecule has 0 aromatic carbocycles. The summed E-state index contributed by atoms with van der Waals surface area (Å²) in [5.41, 5.74) is 6.04. The van der Waals surface area contributed by atoms with E-state index < -0.39 is 0 Å². The lowest BCUT2D eigenvalue weighted by molar-refractivity contribution is 0.277. The number of nitrogen functional groups attached to an aromatic ring is 1. The number of furan rings is 1. The number of imidazole rings is 1. The number of hydrogen-bond acceptors (Lipinski definition) is 4. The SMILES string of the molecule is Nc1ccc(-c2ncc(CO)[nH]2)o1. The molecule has 2 aromatic heterocycles. The third-order valence-corrected chi connectivity index (χ3v) is 1.66. The smallest absolute Gasteiger partial charge is 0.191 e. The third kappa shape index (κ3) is 1.41. The van der Waals surface area contributed by atoms with Crippen molar-refractivity contribution in [1.82, 2.24) is 9.97 Å². The van der Waals surface area contributed by atoms with E-state index in [1.165, 1.54) is 0 Å². The Morgan fingerprint density at radius 1 is 1.54 bits per heavy atom. The van der Waals surface area contributed by atoms with Crippen LogP contribution in [0.3, 0.4) is 0 Å². The lowest BCUT2D eigenvalue weighted by atomic mass is 10.4. The molecule has 0 aliphatic carbocycles. The zero-order chi connectivity index (χ0) is 9.26. The Hall–Kier alpha value is -1.75. The van der Waals surface area contributed by atoms with Crippen LogP contribution < -0.4 is 5.73 Å². The molecule has 0 spiro atoms. The fourth-order valence-corrected chi connectivity index (χ4v) is 1.04. The van der Waals surface area contributed by atoms with Gasteiger partial charge in [0.1, 0.15) is 0 Å². The van der Waals surface area contributed by atoms with Crippen LogP contribution in [0.25, 0.3) is 11.6 Å². The molecule has 0 radical (unpaired) electrons. The fourth-order valence-electron chi connectivity index (χ4n) is 1.04. The van der Waals surface area contributed by atoms with Crippen LogP contribution in [0.4, 0.5) is 5.88 Å². The van der Waals surface area contributed by atoms with E-state index in [9.17, 15) is 0 Å². The van der Waals surface area contributed by atoms with Crippen molar-refractivity contribution in [2.24, 2.45) is 0 Å². The van der Waals surface area contributed by atoms with Crippen LogP contribution in [-0.4, -0.2) is 15.1 Å². The van der Waals surface area contributed by atoms with Gasteiger partial charge in [-0.3, -0.25) is 0 Å². The van der Waals surface area contributed by atoms with Gasteiger partial charge in [-0.05, 0) is 6.07 Å². The van der Waals surface area contributed by atoms with Crippen LogP contribution in [0, 0.1) is 0 Å². The highest BCUT2D eigenvalue weighted by molar-refractivity contribution is 5.50. The van der Waals surface area contributed by atoms with Gasteiger partial charge in [-0.1, -0.05) is 0 Å². The molecule has 0 unspecified atom stereocenters. The largest absolute Gasteiger partial charge is 0.438 e. The lowest BCUT2D eigenvalue weighted by Crippen LogP contribution is -1.82.